The molecule has 0 heterocycles. The lowest BCUT2D eigenvalue weighted by Crippen LogP contribution is -2.59. The van der Waals surface area contributed by atoms with Crippen molar-refractivity contribution in [2.75, 3.05) is 5.43 Å². The van der Waals surface area contributed by atoms with Crippen molar-refractivity contribution in [1.29, 1.82) is 0 Å². The van der Waals surface area contributed by atoms with E-state index < -0.39 is 0 Å². The molecule has 4 nitrogen and oxygen atoms in total. The molecule has 1 aromatic rings. The van der Waals surface area contributed by atoms with Crippen LogP contribution in [0.4, 0.5) is 5.69 Å². The third-order valence-corrected chi connectivity index (χ3v) is 5.73. The van der Waals surface area contributed by atoms with Crippen LogP contribution in [0.5, 0.6) is 0 Å². The summed E-state index contributed by atoms with van der Waals surface area (Å²) in [7, 11) is 0. The van der Waals surface area contributed by atoms with Gasteiger partial charge in [-0.05, 0) is 80.5 Å². The minimum atomic E-state index is 0.0699. The van der Waals surface area contributed by atoms with E-state index in [-0.39, 0.29) is 11.4 Å². The van der Waals surface area contributed by atoms with E-state index in [1.54, 1.807) is 0 Å². The van der Waals surface area contributed by atoms with Crippen LogP contribution in [0.3, 0.4) is 0 Å². The molecule has 4 fully saturated rings. The Bertz CT molecular complexity index is 516. The van der Waals surface area contributed by atoms with Crippen molar-refractivity contribution in [1.82, 2.24) is 5.32 Å². The summed E-state index contributed by atoms with van der Waals surface area (Å²) in [5, 5.41) is 3.39. The molecule has 4 aliphatic carbocycles. The van der Waals surface area contributed by atoms with E-state index in [0.29, 0.717) is 0 Å². The van der Waals surface area contributed by atoms with Gasteiger partial charge in [-0.3, -0.25) is 10.6 Å². The van der Waals surface area contributed by atoms with Gasteiger partial charge in [-0.15, -0.1) is 0 Å². The molecule has 0 atom stereocenters. The van der Waals surface area contributed by atoms with Gasteiger partial charge < -0.3 is 10.7 Å². The van der Waals surface area contributed by atoms with Gasteiger partial charge in [0.2, 0.25) is 0 Å². The summed E-state index contributed by atoms with van der Waals surface area (Å²) in [5.74, 6) is 7.97. The minimum absolute atomic E-state index is 0.0699. The van der Waals surface area contributed by atoms with Crippen LogP contribution in [0.1, 0.15) is 48.9 Å². The normalized spacial score (nSPS) is 36.5. The number of nitrogen functional groups attached to an aromatic ring is 1. The van der Waals surface area contributed by atoms with Crippen LogP contribution in [0.25, 0.3) is 0 Å². The van der Waals surface area contributed by atoms with Gasteiger partial charge in [-0.2, -0.15) is 0 Å². The topological polar surface area (TPSA) is 67.1 Å². The number of hydrazine groups is 1. The quantitative estimate of drug-likeness (QED) is 0.591. The molecule has 112 valence electrons. The highest BCUT2D eigenvalue weighted by Gasteiger charge is 2.51. The first-order valence-corrected chi connectivity index (χ1v) is 8.05. The molecule has 4 aliphatic rings. The molecular formula is C17H23N3O. The van der Waals surface area contributed by atoms with Gasteiger partial charge in [0.05, 0.1) is 0 Å². The SMILES string of the molecule is NNc1ccc(C(=O)NC23CC4CC(CC(C4)C2)C3)cc1. The number of carbonyl (C=O) groups excluding carboxylic acids is 1. The van der Waals surface area contributed by atoms with Crippen molar-refractivity contribution in [2.24, 2.45) is 23.6 Å². The first-order valence-electron chi connectivity index (χ1n) is 8.05. The number of anilines is 1. The van der Waals surface area contributed by atoms with Gasteiger partial charge in [-0.1, -0.05) is 0 Å². The van der Waals surface area contributed by atoms with Crippen molar-refractivity contribution in [3.8, 4) is 0 Å². The van der Waals surface area contributed by atoms with Crippen LogP contribution < -0.4 is 16.6 Å². The first-order chi connectivity index (χ1) is 10.2. The fourth-order valence-corrected chi connectivity index (χ4v) is 5.29. The van der Waals surface area contributed by atoms with Crippen molar-refractivity contribution in [3.05, 3.63) is 29.8 Å². The Morgan fingerprint density at radius 1 is 1.00 bits per heavy atom. The number of nitrogens with one attached hydrogen (secondary N) is 2. The van der Waals surface area contributed by atoms with Gasteiger partial charge >= 0.3 is 0 Å². The smallest absolute Gasteiger partial charge is 0.251 e. The van der Waals surface area contributed by atoms with Crippen LogP contribution >= 0.6 is 0 Å². The van der Waals surface area contributed by atoms with Crippen molar-refractivity contribution in [3.63, 3.8) is 0 Å². The second-order valence-corrected chi connectivity index (χ2v) is 7.37. The average Bonchev–Trinajstić information content (AvgIpc) is 2.45. The molecule has 4 bridgehead atoms. The van der Waals surface area contributed by atoms with Crippen LogP contribution in [0.2, 0.25) is 0 Å². The summed E-state index contributed by atoms with van der Waals surface area (Å²) in [5.41, 5.74) is 4.22. The van der Waals surface area contributed by atoms with E-state index in [1.165, 1.54) is 38.5 Å². The highest BCUT2D eigenvalue weighted by molar-refractivity contribution is 5.95. The predicted octanol–water partition coefficient (Wildman–Crippen LogP) is 2.67. The largest absolute Gasteiger partial charge is 0.347 e. The van der Waals surface area contributed by atoms with Gasteiger partial charge in [0, 0.05) is 16.8 Å². The number of hydrogen-bond acceptors (Lipinski definition) is 3. The number of benzene rings is 1. The zero-order valence-electron chi connectivity index (χ0n) is 12.3. The van der Waals surface area contributed by atoms with E-state index in [1.807, 2.05) is 24.3 Å². The number of hydrogen-bond donors (Lipinski definition) is 3. The van der Waals surface area contributed by atoms with E-state index >= 15 is 0 Å². The second-order valence-electron chi connectivity index (χ2n) is 7.37. The lowest BCUT2D eigenvalue weighted by molar-refractivity contribution is -0.0167. The third-order valence-electron chi connectivity index (χ3n) is 5.73. The molecule has 0 aliphatic heterocycles. The Labute approximate surface area is 125 Å². The molecule has 0 spiro atoms. The molecule has 21 heavy (non-hydrogen) atoms. The van der Waals surface area contributed by atoms with Crippen molar-refractivity contribution < 1.29 is 4.79 Å². The van der Waals surface area contributed by atoms with Crippen LogP contribution in [0, 0.1) is 17.8 Å². The van der Waals surface area contributed by atoms with Gasteiger partial charge in [-0.25, -0.2) is 0 Å². The highest BCUT2D eigenvalue weighted by atomic mass is 16.1. The molecule has 0 radical (unpaired) electrons. The molecule has 4 N–H and O–H groups in total. The third kappa shape index (κ3) is 2.31. The highest BCUT2D eigenvalue weighted by Crippen LogP contribution is 2.55. The molecule has 4 heteroatoms. The number of amides is 1. The van der Waals surface area contributed by atoms with Crippen LogP contribution in [0.15, 0.2) is 24.3 Å². The zero-order chi connectivity index (χ0) is 14.4. The van der Waals surface area contributed by atoms with Crippen LogP contribution in [-0.2, 0) is 0 Å². The second kappa shape index (κ2) is 4.73. The molecule has 1 amide bonds. The Morgan fingerprint density at radius 2 is 1.52 bits per heavy atom. The Balaban J connectivity index is 1.51. The van der Waals surface area contributed by atoms with Gasteiger partial charge in [0.15, 0.2) is 0 Å². The Kier molecular flexibility index (Phi) is 2.96. The minimum Gasteiger partial charge on any atom is -0.347 e. The van der Waals surface area contributed by atoms with E-state index in [2.05, 4.69) is 10.7 Å². The fraction of sp³-hybridized carbons (Fsp3) is 0.588. The first kappa shape index (κ1) is 13.1. The van der Waals surface area contributed by atoms with E-state index in [9.17, 15) is 4.79 Å². The van der Waals surface area contributed by atoms with Crippen molar-refractivity contribution in [2.45, 2.75) is 44.1 Å². The molecule has 0 saturated heterocycles. The average molecular weight is 285 g/mol. The number of nitrogens with two attached hydrogens (primary N) is 1. The summed E-state index contributed by atoms with van der Waals surface area (Å²) < 4.78 is 0. The van der Waals surface area contributed by atoms with Gasteiger partial charge in [0.1, 0.15) is 0 Å². The molecule has 0 aromatic heterocycles. The Morgan fingerprint density at radius 3 is 2.00 bits per heavy atom. The monoisotopic (exact) mass is 285 g/mol. The maximum absolute atomic E-state index is 12.6. The molecule has 4 saturated carbocycles. The van der Waals surface area contributed by atoms with E-state index in [4.69, 9.17) is 5.84 Å². The van der Waals surface area contributed by atoms with E-state index in [0.717, 1.165) is 29.0 Å². The number of rotatable bonds is 3. The molecule has 1 aromatic carbocycles. The molecule has 5 rings (SSSR count). The maximum Gasteiger partial charge on any atom is 0.251 e. The molecule has 0 unspecified atom stereocenters. The maximum atomic E-state index is 12.6. The molecular weight excluding hydrogens is 262 g/mol. The summed E-state index contributed by atoms with van der Waals surface area (Å²) in [4.78, 5) is 12.6. The summed E-state index contributed by atoms with van der Waals surface area (Å²) in [6.07, 6.45) is 7.75. The number of carbonyl (C=O) groups is 1. The lowest BCUT2D eigenvalue weighted by Gasteiger charge is -2.56. The zero-order valence-corrected chi connectivity index (χ0v) is 12.3. The lowest BCUT2D eigenvalue weighted by atomic mass is 9.53. The van der Waals surface area contributed by atoms with Crippen LogP contribution in [-0.4, -0.2) is 11.4 Å². The van der Waals surface area contributed by atoms with Crippen molar-refractivity contribution >= 4 is 11.6 Å². The summed E-state index contributed by atoms with van der Waals surface area (Å²) >= 11 is 0. The fourth-order valence-electron chi connectivity index (χ4n) is 5.29. The van der Waals surface area contributed by atoms with Gasteiger partial charge in [0.25, 0.3) is 5.91 Å². The predicted molar refractivity (Wildman–Crippen MR) is 82.6 cm³/mol. The Hall–Kier alpha value is -1.55. The summed E-state index contributed by atoms with van der Waals surface area (Å²) in [6.45, 7) is 0. The standard InChI is InChI=1S/C17H23N3O/c18-20-15-3-1-14(2-4-15)16(21)19-17-8-11-5-12(9-17)7-13(6-11)10-17/h1-4,11-13,20H,5-10,18H2,(H,19,21). The summed E-state index contributed by atoms with van der Waals surface area (Å²) in [6, 6.07) is 7.36.